The lowest BCUT2D eigenvalue weighted by Gasteiger charge is -2.15. The summed E-state index contributed by atoms with van der Waals surface area (Å²) in [6.07, 6.45) is 1.71. The number of allylic oxidation sites excluding steroid dienone is 1. The van der Waals surface area contributed by atoms with Crippen molar-refractivity contribution in [2.24, 2.45) is 0 Å². The van der Waals surface area contributed by atoms with Crippen molar-refractivity contribution in [2.45, 2.75) is 24.7 Å². The van der Waals surface area contributed by atoms with Gasteiger partial charge in [-0.1, -0.05) is 57.5 Å². The van der Waals surface area contributed by atoms with Crippen LogP contribution in [0.15, 0.2) is 70.8 Å². The molecular weight excluding hydrogens is 514 g/mol. The van der Waals surface area contributed by atoms with Gasteiger partial charge in [0, 0.05) is 16.7 Å². The molecule has 0 fully saturated rings. The van der Waals surface area contributed by atoms with Crippen LogP contribution in [-0.2, 0) is 11.3 Å². The van der Waals surface area contributed by atoms with Crippen LogP contribution in [0.3, 0.4) is 0 Å². The third-order valence-corrected chi connectivity index (χ3v) is 6.20. The molecular formula is C22H21BrClN5O2S. The number of hydrogen-bond acceptors (Lipinski definition) is 5. The fraction of sp³-hybridized carbons (Fsp3) is 0.182. The van der Waals surface area contributed by atoms with Crippen molar-refractivity contribution in [3.05, 3.63) is 82.1 Å². The Bertz CT molecular complexity index is 1120. The number of nitrogens with one attached hydrogen (secondary N) is 2. The zero-order valence-electron chi connectivity index (χ0n) is 17.2. The van der Waals surface area contributed by atoms with Crippen molar-refractivity contribution in [3.63, 3.8) is 0 Å². The minimum atomic E-state index is -0.433. The number of carbonyl (C=O) groups excluding carboxylic acids is 2. The first-order chi connectivity index (χ1) is 15.4. The summed E-state index contributed by atoms with van der Waals surface area (Å²) in [5.41, 5.74) is 1.10. The van der Waals surface area contributed by atoms with Crippen LogP contribution in [0.2, 0.25) is 5.02 Å². The van der Waals surface area contributed by atoms with Crippen molar-refractivity contribution >= 4 is 56.8 Å². The van der Waals surface area contributed by atoms with Gasteiger partial charge in [-0.25, -0.2) is 0 Å². The average Bonchev–Trinajstić information content (AvgIpc) is 3.17. The Labute approximate surface area is 203 Å². The summed E-state index contributed by atoms with van der Waals surface area (Å²) in [6.45, 7) is 6.03. The summed E-state index contributed by atoms with van der Waals surface area (Å²) < 4.78 is 2.76. The Hall–Kier alpha value is -2.62. The largest absolute Gasteiger partial charge is 0.342 e. The number of aromatic nitrogens is 3. The summed E-state index contributed by atoms with van der Waals surface area (Å²) in [4.78, 5) is 24.9. The predicted molar refractivity (Wildman–Crippen MR) is 131 cm³/mol. The first kappa shape index (κ1) is 24.0. The summed E-state index contributed by atoms with van der Waals surface area (Å²) in [7, 11) is 0. The minimum Gasteiger partial charge on any atom is -0.342 e. The number of anilines is 1. The van der Waals surface area contributed by atoms with Crippen LogP contribution >= 0.6 is 39.3 Å². The Balaban J connectivity index is 1.67. The Morgan fingerprint density at radius 2 is 1.94 bits per heavy atom. The molecule has 0 spiro atoms. The van der Waals surface area contributed by atoms with Gasteiger partial charge in [-0.3, -0.25) is 9.59 Å². The lowest BCUT2D eigenvalue weighted by atomic mass is 10.2. The predicted octanol–water partition coefficient (Wildman–Crippen LogP) is 5.10. The molecule has 3 aromatic rings. The average molecular weight is 535 g/mol. The molecule has 2 aromatic carbocycles. The highest BCUT2D eigenvalue weighted by molar-refractivity contribution is 9.10. The van der Waals surface area contributed by atoms with Gasteiger partial charge in [0.2, 0.25) is 5.91 Å². The number of amides is 2. The molecule has 0 bridgehead atoms. The molecule has 1 atom stereocenters. The molecule has 2 N–H and O–H groups in total. The molecule has 0 aliphatic rings. The number of nitrogens with zero attached hydrogens (tertiary/aromatic N) is 3. The summed E-state index contributed by atoms with van der Waals surface area (Å²) in [5, 5.41) is 15.1. The smallest absolute Gasteiger partial charge is 0.253 e. The number of rotatable bonds is 9. The molecule has 7 nitrogen and oxygen atoms in total. The molecule has 0 aliphatic heterocycles. The van der Waals surface area contributed by atoms with Gasteiger partial charge in [-0.2, -0.15) is 0 Å². The zero-order valence-corrected chi connectivity index (χ0v) is 20.4. The molecule has 10 heteroatoms. The Morgan fingerprint density at radius 1 is 1.22 bits per heavy atom. The summed E-state index contributed by atoms with van der Waals surface area (Å²) in [6, 6.07) is 13.7. The van der Waals surface area contributed by atoms with E-state index in [0.717, 1.165) is 4.47 Å². The molecule has 32 heavy (non-hydrogen) atoms. The SMILES string of the molecule is C=CCn1c(SCC(=O)Nc2ccc(Br)cc2)nnc1[C@@H](C)NC(=O)c1ccccc1Cl. The molecule has 3 rings (SSSR count). The van der Waals surface area contributed by atoms with Crippen LogP contribution in [-0.4, -0.2) is 32.3 Å². The first-order valence-corrected chi connectivity index (χ1v) is 11.8. The maximum absolute atomic E-state index is 12.6. The van der Waals surface area contributed by atoms with E-state index in [0.29, 0.717) is 33.8 Å². The lowest BCUT2D eigenvalue weighted by Crippen LogP contribution is -2.29. The third-order valence-electron chi connectivity index (χ3n) is 4.37. The van der Waals surface area contributed by atoms with Crippen molar-refractivity contribution in [3.8, 4) is 0 Å². The van der Waals surface area contributed by atoms with Gasteiger partial charge in [0.1, 0.15) is 0 Å². The van der Waals surface area contributed by atoms with Crippen LogP contribution in [0.1, 0.15) is 29.1 Å². The monoisotopic (exact) mass is 533 g/mol. The Kier molecular flexibility index (Phi) is 8.49. The Morgan fingerprint density at radius 3 is 2.62 bits per heavy atom. The van der Waals surface area contributed by atoms with Crippen molar-refractivity contribution in [1.82, 2.24) is 20.1 Å². The topological polar surface area (TPSA) is 88.9 Å². The fourth-order valence-electron chi connectivity index (χ4n) is 2.87. The van der Waals surface area contributed by atoms with E-state index in [1.54, 1.807) is 30.3 Å². The van der Waals surface area contributed by atoms with E-state index in [1.165, 1.54) is 11.8 Å². The van der Waals surface area contributed by atoms with Crippen LogP contribution in [0.4, 0.5) is 5.69 Å². The van der Waals surface area contributed by atoms with Crippen LogP contribution in [0, 0.1) is 0 Å². The van der Waals surface area contributed by atoms with Gasteiger partial charge in [-0.15, -0.1) is 16.8 Å². The van der Waals surface area contributed by atoms with Crippen molar-refractivity contribution < 1.29 is 9.59 Å². The maximum Gasteiger partial charge on any atom is 0.253 e. The van der Waals surface area contributed by atoms with Gasteiger partial charge in [0.05, 0.1) is 22.4 Å². The number of halogens is 2. The van der Waals surface area contributed by atoms with Gasteiger partial charge in [0.15, 0.2) is 11.0 Å². The van der Waals surface area contributed by atoms with Crippen molar-refractivity contribution in [1.29, 1.82) is 0 Å². The van der Waals surface area contributed by atoms with Gasteiger partial charge in [-0.05, 0) is 43.3 Å². The number of carbonyl (C=O) groups is 2. The molecule has 0 aliphatic carbocycles. The second kappa shape index (κ2) is 11.3. The molecule has 1 heterocycles. The number of thioether (sulfide) groups is 1. The molecule has 0 saturated heterocycles. The standard InChI is InChI=1S/C22H21BrClN5O2S/c1-3-12-29-20(14(2)25-21(31)17-6-4-5-7-18(17)24)27-28-22(29)32-13-19(30)26-16-10-8-15(23)9-11-16/h3-11,14H,1,12-13H2,2H3,(H,25,31)(H,26,30)/t14-/m1/s1. The molecule has 166 valence electrons. The van der Waals surface area contributed by atoms with Crippen LogP contribution in [0.5, 0.6) is 0 Å². The maximum atomic E-state index is 12.6. The molecule has 0 unspecified atom stereocenters. The van der Waals surface area contributed by atoms with Gasteiger partial charge < -0.3 is 15.2 Å². The lowest BCUT2D eigenvalue weighted by molar-refractivity contribution is -0.113. The number of hydrogen-bond donors (Lipinski definition) is 2. The third kappa shape index (κ3) is 6.21. The van der Waals surface area contributed by atoms with Crippen LogP contribution in [0.25, 0.3) is 0 Å². The second-order valence-electron chi connectivity index (χ2n) is 6.76. The quantitative estimate of drug-likeness (QED) is 0.294. The molecule has 0 radical (unpaired) electrons. The van der Waals surface area contributed by atoms with E-state index in [1.807, 2.05) is 35.8 Å². The number of benzene rings is 2. The molecule has 0 saturated carbocycles. The highest BCUT2D eigenvalue weighted by atomic mass is 79.9. The van der Waals surface area contributed by atoms with E-state index in [2.05, 4.69) is 43.3 Å². The second-order valence-corrected chi connectivity index (χ2v) is 9.02. The first-order valence-electron chi connectivity index (χ1n) is 9.66. The van der Waals surface area contributed by atoms with Gasteiger partial charge >= 0.3 is 0 Å². The van der Waals surface area contributed by atoms with E-state index >= 15 is 0 Å². The minimum absolute atomic E-state index is 0.158. The zero-order chi connectivity index (χ0) is 23.1. The molecule has 2 amide bonds. The highest BCUT2D eigenvalue weighted by Crippen LogP contribution is 2.22. The van der Waals surface area contributed by atoms with E-state index in [4.69, 9.17) is 11.6 Å². The normalized spacial score (nSPS) is 11.6. The fourth-order valence-corrected chi connectivity index (χ4v) is 4.11. The van der Waals surface area contributed by atoms with E-state index < -0.39 is 6.04 Å². The van der Waals surface area contributed by atoms with E-state index in [9.17, 15) is 9.59 Å². The van der Waals surface area contributed by atoms with E-state index in [-0.39, 0.29) is 17.6 Å². The molecule has 1 aromatic heterocycles. The van der Waals surface area contributed by atoms with Gasteiger partial charge in [0.25, 0.3) is 5.91 Å². The summed E-state index contributed by atoms with van der Waals surface area (Å²) in [5.74, 6) is 0.249. The highest BCUT2D eigenvalue weighted by Gasteiger charge is 2.21. The summed E-state index contributed by atoms with van der Waals surface area (Å²) >= 11 is 10.7. The van der Waals surface area contributed by atoms with Crippen LogP contribution < -0.4 is 10.6 Å². The van der Waals surface area contributed by atoms with Crippen molar-refractivity contribution in [2.75, 3.05) is 11.1 Å².